The van der Waals surface area contributed by atoms with Gasteiger partial charge in [0.05, 0.1) is 5.70 Å². The minimum Gasteiger partial charge on any atom is -0.396 e. The molecule has 1 amide bonds. The van der Waals surface area contributed by atoms with Crippen molar-refractivity contribution >= 4 is 11.7 Å². The normalized spacial score (nSPS) is 41.0. The Morgan fingerprint density at radius 1 is 0.967 bits per heavy atom. The summed E-state index contributed by atoms with van der Waals surface area (Å²) < 4.78 is 0. The monoisotopic (exact) mass is 414 g/mol. The van der Waals surface area contributed by atoms with Crippen LogP contribution in [0.4, 0.5) is 0 Å². The first kappa shape index (κ1) is 21.9. The van der Waals surface area contributed by atoms with Gasteiger partial charge in [0.1, 0.15) is 0 Å². The smallest absolute Gasteiger partial charge is 0.226 e. The van der Waals surface area contributed by atoms with Crippen LogP contribution in [-0.4, -0.2) is 28.7 Å². The maximum absolute atomic E-state index is 13.7. The molecule has 168 valence electrons. The molecule has 2 N–H and O–H groups in total. The Balaban J connectivity index is 1.62. The Bertz CT molecular complexity index is 761. The lowest BCUT2D eigenvalue weighted by atomic mass is 9.46. The molecule has 0 aromatic heterocycles. The minimum absolute atomic E-state index is 0.0895. The highest BCUT2D eigenvalue weighted by Gasteiger charge is 2.61. The van der Waals surface area contributed by atoms with E-state index in [4.69, 9.17) is 5.73 Å². The van der Waals surface area contributed by atoms with E-state index in [9.17, 15) is 9.59 Å². The zero-order valence-corrected chi connectivity index (χ0v) is 20.0. The fourth-order valence-corrected chi connectivity index (χ4v) is 8.45. The van der Waals surface area contributed by atoms with Crippen molar-refractivity contribution in [2.24, 2.45) is 40.2 Å². The molecule has 0 aliphatic heterocycles. The molecule has 0 saturated heterocycles. The first-order valence-electron chi connectivity index (χ1n) is 12.4. The van der Waals surface area contributed by atoms with Gasteiger partial charge >= 0.3 is 0 Å². The lowest BCUT2D eigenvalue weighted by Crippen LogP contribution is -2.54. The van der Waals surface area contributed by atoms with E-state index in [1.165, 1.54) is 18.4 Å². The van der Waals surface area contributed by atoms with Gasteiger partial charge in [-0.1, -0.05) is 13.8 Å². The van der Waals surface area contributed by atoms with Crippen LogP contribution in [0.2, 0.25) is 0 Å². The molecule has 4 nitrogen and oxygen atoms in total. The van der Waals surface area contributed by atoms with Gasteiger partial charge in [0.15, 0.2) is 5.78 Å². The number of carbonyl (C=O) groups excluding carboxylic acids is 2. The van der Waals surface area contributed by atoms with Crippen LogP contribution in [0.3, 0.4) is 0 Å². The van der Waals surface area contributed by atoms with Gasteiger partial charge in [-0.15, -0.1) is 0 Å². The second kappa shape index (κ2) is 7.38. The van der Waals surface area contributed by atoms with E-state index in [1.807, 2.05) is 0 Å². The van der Waals surface area contributed by atoms with Crippen LogP contribution >= 0.6 is 0 Å². The van der Waals surface area contributed by atoms with Crippen molar-refractivity contribution in [3.05, 3.63) is 11.3 Å². The molecule has 0 radical (unpaired) electrons. The lowest BCUT2D eigenvalue weighted by Gasteiger charge is -2.58. The SMILES string of the molecule is CC(C)N(C(=O)C1CC[C@H]2[C@@H]3CCC4=C(N)C(=O)CC[C@]4(C)[C@@H]3CC[C@]12C)C(C)C. The summed E-state index contributed by atoms with van der Waals surface area (Å²) in [5.41, 5.74) is 8.36. The summed E-state index contributed by atoms with van der Waals surface area (Å²) >= 11 is 0. The fraction of sp³-hybridized carbons (Fsp3) is 0.846. The summed E-state index contributed by atoms with van der Waals surface area (Å²) in [6, 6.07) is 0.501. The Labute approximate surface area is 183 Å². The van der Waals surface area contributed by atoms with Crippen LogP contribution in [0.25, 0.3) is 0 Å². The molecular weight excluding hydrogens is 372 g/mol. The van der Waals surface area contributed by atoms with E-state index >= 15 is 0 Å². The van der Waals surface area contributed by atoms with Gasteiger partial charge in [-0.05, 0) is 107 Å². The molecule has 0 heterocycles. The molecule has 3 fully saturated rings. The van der Waals surface area contributed by atoms with E-state index in [0.717, 1.165) is 32.1 Å². The summed E-state index contributed by atoms with van der Waals surface area (Å²) in [6.45, 7) is 13.4. The Hall–Kier alpha value is -1.32. The Morgan fingerprint density at radius 2 is 1.63 bits per heavy atom. The van der Waals surface area contributed by atoms with Gasteiger partial charge in [0, 0.05) is 24.4 Å². The molecule has 1 unspecified atom stereocenters. The number of carbonyl (C=O) groups is 2. The number of Topliss-reactive ketones (excluding diaryl/α,β-unsaturated/α-hetero) is 1. The van der Waals surface area contributed by atoms with Crippen molar-refractivity contribution in [2.75, 3.05) is 0 Å². The second-order valence-corrected chi connectivity index (χ2v) is 11.8. The predicted octanol–water partition coefficient (Wildman–Crippen LogP) is 5.07. The number of hydrogen-bond donors (Lipinski definition) is 1. The highest BCUT2D eigenvalue weighted by Crippen LogP contribution is 2.67. The van der Waals surface area contributed by atoms with E-state index in [2.05, 4.69) is 46.4 Å². The number of allylic oxidation sites excluding steroid dienone is 1. The maximum Gasteiger partial charge on any atom is 0.226 e. The molecular formula is C26H42N2O2. The van der Waals surface area contributed by atoms with Gasteiger partial charge in [-0.2, -0.15) is 0 Å². The zero-order valence-electron chi connectivity index (χ0n) is 20.0. The average molecular weight is 415 g/mol. The Kier molecular flexibility index (Phi) is 5.38. The average Bonchev–Trinajstić information content (AvgIpc) is 3.01. The third kappa shape index (κ3) is 2.99. The van der Waals surface area contributed by atoms with Crippen molar-refractivity contribution in [2.45, 2.75) is 105 Å². The van der Waals surface area contributed by atoms with E-state index in [1.54, 1.807) is 0 Å². The van der Waals surface area contributed by atoms with Crippen LogP contribution in [-0.2, 0) is 9.59 Å². The molecule has 3 saturated carbocycles. The molecule has 4 aliphatic carbocycles. The molecule has 6 atom stereocenters. The van der Waals surface area contributed by atoms with Crippen LogP contribution < -0.4 is 5.73 Å². The van der Waals surface area contributed by atoms with E-state index < -0.39 is 0 Å². The minimum atomic E-state index is 0.0895. The predicted molar refractivity (Wildman–Crippen MR) is 120 cm³/mol. The summed E-state index contributed by atoms with van der Waals surface area (Å²) in [5, 5.41) is 0. The van der Waals surface area contributed by atoms with Crippen LogP contribution in [0.1, 0.15) is 92.9 Å². The van der Waals surface area contributed by atoms with E-state index in [-0.39, 0.29) is 34.6 Å². The maximum atomic E-state index is 13.7. The van der Waals surface area contributed by atoms with Gasteiger partial charge in [0.25, 0.3) is 0 Å². The largest absolute Gasteiger partial charge is 0.396 e. The third-order valence-corrected chi connectivity index (χ3v) is 9.83. The lowest BCUT2D eigenvalue weighted by molar-refractivity contribution is -0.146. The summed E-state index contributed by atoms with van der Waals surface area (Å²) in [6.07, 6.45) is 8.22. The Morgan fingerprint density at radius 3 is 2.27 bits per heavy atom. The summed E-state index contributed by atoms with van der Waals surface area (Å²) in [5.74, 6) is 2.63. The van der Waals surface area contributed by atoms with Crippen molar-refractivity contribution < 1.29 is 9.59 Å². The topological polar surface area (TPSA) is 63.4 Å². The van der Waals surface area contributed by atoms with Crippen LogP contribution in [0.5, 0.6) is 0 Å². The third-order valence-electron chi connectivity index (χ3n) is 9.83. The summed E-state index contributed by atoms with van der Waals surface area (Å²) in [4.78, 5) is 28.1. The number of amides is 1. The molecule has 4 aliphatic rings. The second-order valence-electron chi connectivity index (χ2n) is 11.8. The van der Waals surface area contributed by atoms with Gasteiger partial charge < -0.3 is 10.6 Å². The molecule has 4 heteroatoms. The van der Waals surface area contributed by atoms with Crippen molar-refractivity contribution in [1.29, 1.82) is 0 Å². The zero-order chi connectivity index (χ0) is 22.0. The van der Waals surface area contributed by atoms with Crippen LogP contribution in [0.15, 0.2) is 11.3 Å². The number of rotatable bonds is 3. The first-order chi connectivity index (χ1) is 14.0. The molecule has 0 aromatic rings. The molecule has 0 bridgehead atoms. The van der Waals surface area contributed by atoms with E-state index in [0.29, 0.717) is 35.8 Å². The van der Waals surface area contributed by atoms with Gasteiger partial charge in [-0.3, -0.25) is 9.59 Å². The number of nitrogens with zero attached hydrogens (tertiary/aromatic N) is 1. The van der Waals surface area contributed by atoms with Crippen LogP contribution in [0, 0.1) is 34.5 Å². The number of nitrogens with two attached hydrogens (primary N) is 1. The molecule has 30 heavy (non-hydrogen) atoms. The first-order valence-corrected chi connectivity index (χ1v) is 12.4. The molecule has 0 spiro atoms. The highest BCUT2D eigenvalue weighted by atomic mass is 16.2. The quantitative estimate of drug-likeness (QED) is 0.701. The number of ketones is 1. The molecule has 0 aromatic carbocycles. The number of hydrogen-bond acceptors (Lipinski definition) is 3. The fourth-order valence-electron chi connectivity index (χ4n) is 8.45. The summed E-state index contributed by atoms with van der Waals surface area (Å²) in [7, 11) is 0. The number of fused-ring (bicyclic) bond motifs is 5. The van der Waals surface area contributed by atoms with Crippen molar-refractivity contribution in [3.8, 4) is 0 Å². The van der Waals surface area contributed by atoms with Gasteiger partial charge in [0.2, 0.25) is 5.91 Å². The van der Waals surface area contributed by atoms with Crippen molar-refractivity contribution in [3.63, 3.8) is 0 Å². The highest BCUT2D eigenvalue weighted by molar-refractivity contribution is 5.96. The van der Waals surface area contributed by atoms with Gasteiger partial charge in [-0.25, -0.2) is 0 Å². The standard InChI is InChI=1S/C26H42N2O2/c1-15(2)28(16(3)4)24(30)21-10-9-18-17-7-8-20-23(27)22(29)12-14-25(20,5)19(17)11-13-26(18,21)6/h15-19,21H,7-14,27H2,1-6H3/t17-,18-,19+,21?,25+,26-/m0/s1. The molecule has 4 rings (SSSR count). The van der Waals surface area contributed by atoms with Crippen molar-refractivity contribution in [1.82, 2.24) is 4.90 Å².